The van der Waals surface area contributed by atoms with Crippen LogP contribution in [0, 0.1) is 11.7 Å². The van der Waals surface area contributed by atoms with Gasteiger partial charge in [-0.2, -0.15) is 8.78 Å². The highest BCUT2D eigenvalue weighted by Crippen LogP contribution is 2.27. The van der Waals surface area contributed by atoms with Crippen molar-refractivity contribution in [1.82, 2.24) is 5.32 Å². The molecule has 1 unspecified atom stereocenters. The van der Waals surface area contributed by atoms with E-state index in [1.165, 1.54) is 6.07 Å². The van der Waals surface area contributed by atoms with Crippen molar-refractivity contribution in [3.8, 4) is 5.75 Å². The van der Waals surface area contributed by atoms with Gasteiger partial charge < -0.3 is 15.4 Å². The normalized spacial score (nSPS) is 11.7. The molecule has 1 aromatic carbocycles. The molecule has 0 aromatic heterocycles. The molecule has 0 aliphatic carbocycles. The zero-order valence-electron chi connectivity index (χ0n) is 11.0. The van der Waals surface area contributed by atoms with Gasteiger partial charge in [-0.25, -0.2) is 4.39 Å². The Morgan fingerprint density at radius 1 is 1.40 bits per heavy atom. The number of carbonyl (C=O) groups excluding carboxylic acids is 1. The van der Waals surface area contributed by atoms with Crippen LogP contribution in [0.25, 0.3) is 0 Å². The van der Waals surface area contributed by atoms with E-state index in [0.29, 0.717) is 6.54 Å². The van der Waals surface area contributed by atoms with Gasteiger partial charge in [0.15, 0.2) is 5.75 Å². The van der Waals surface area contributed by atoms with Crippen molar-refractivity contribution in [1.29, 1.82) is 0 Å². The fraction of sp³-hybridized carbons (Fsp3) is 0.417. The average Bonchev–Trinajstić information content (AvgIpc) is 2.32. The van der Waals surface area contributed by atoms with E-state index in [0.717, 1.165) is 12.1 Å². The summed E-state index contributed by atoms with van der Waals surface area (Å²) >= 11 is 0. The maximum absolute atomic E-state index is 13.0. The van der Waals surface area contributed by atoms with Crippen LogP contribution in [-0.4, -0.2) is 26.1 Å². The molecule has 0 saturated heterocycles. The van der Waals surface area contributed by atoms with E-state index in [1.807, 2.05) is 0 Å². The molecule has 0 saturated carbocycles. The third kappa shape index (κ3) is 5.66. The number of rotatable bonds is 6. The topological polar surface area (TPSA) is 50.4 Å². The minimum Gasteiger partial charge on any atom is -0.432 e. The van der Waals surface area contributed by atoms with Crippen molar-refractivity contribution in [3.05, 3.63) is 24.0 Å². The van der Waals surface area contributed by atoms with Gasteiger partial charge in [0.25, 0.3) is 0 Å². The van der Waals surface area contributed by atoms with Crippen molar-refractivity contribution in [2.45, 2.75) is 13.5 Å². The molecule has 0 spiro atoms. The monoisotopic (exact) mass is 312 g/mol. The number of amides is 1. The van der Waals surface area contributed by atoms with Gasteiger partial charge in [0.05, 0.1) is 5.69 Å². The first-order valence-corrected chi connectivity index (χ1v) is 5.64. The lowest BCUT2D eigenvalue weighted by atomic mass is 10.1. The van der Waals surface area contributed by atoms with Gasteiger partial charge in [-0.3, -0.25) is 4.79 Å². The second kappa shape index (κ2) is 8.65. The van der Waals surface area contributed by atoms with E-state index in [9.17, 15) is 18.0 Å². The zero-order valence-corrected chi connectivity index (χ0v) is 11.8. The van der Waals surface area contributed by atoms with Crippen molar-refractivity contribution in [2.75, 3.05) is 18.9 Å². The van der Waals surface area contributed by atoms with Crippen molar-refractivity contribution < 1.29 is 22.7 Å². The second-order valence-electron chi connectivity index (χ2n) is 3.97. The van der Waals surface area contributed by atoms with Gasteiger partial charge in [-0.15, -0.1) is 12.4 Å². The molecule has 0 radical (unpaired) electrons. The van der Waals surface area contributed by atoms with Gasteiger partial charge >= 0.3 is 6.61 Å². The van der Waals surface area contributed by atoms with Gasteiger partial charge in [-0.05, 0) is 19.2 Å². The highest BCUT2D eigenvalue weighted by atomic mass is 35.5. The van der Waals surface area contributed by atoms with Crippen LogP contribution in [0.5, 0.6) is 5.75 Å². The van der Waals surface area contributed by atoms with E-state index >= 15 is 0 Å². The Hall–Kier alpha value is -1.47. The van der Waals surface area contributed by atoms with E-state index < -0.39 is 18.2 Å². The highest BCUT2D eigenvalue weighted by Gasteiger charge is 2.16. The summed E-state index contributed by atoms with van der Waals surface area (Å²) in [5.74, 6) is -1.87. The standard InChI is InChI=1S/C12H15F3N2O2.ClH/c1-7(6-16-2)11(18)17-9-4-3-8(13)5-10(9)19-12(14)15;/h3-5,7,12,16H,6H2,1-2H3,(H,17,18);1H. The Kier molecular flexibility index (Phi) is 8.02. The molecular formula is C12H16ClF3N2O2. The number of benzene rings is 1. The molecule has 0 aliphatic rings. The van der Waals surface area contributed by atoms with Crippen LogP contribution < -0.4 is 15.4 Å². The molecule has 1 rings (SSSR count). The number of halogens is 4. The predicted molar refractivity (Wildman–Crippen MR) is 72.0 cm³/mol. The Balaban J connectivity index is 0.00000361. The van der Waals surface area contributed by atoms with Crippen LogP contribution >= 0.6 is 12.4 Å². The minimum absolute atomic E-state index is 0. The first kappa shape index (κ1) is 18.5. The first-order chi connectivity index (χ1) is 8.93. The predicted octanol–water partition coefficient (Wildman–Crippen LogP) is 2.64. The van der Waals surface area contributed by atoms with Crippen LogP contribution in [-0.2, 0) is 4.79 Å². The van der Waals surface area contributed by atoms with Gasteiger partial charge in [0, 0.05) is 18.5 Å². The SMILES string of the molecule is CNCC(C)C(=O)Nc1ccc(F)cc1OC(F)F.Cl. The van der Waals surface area contributed by atoms with Crippen molar-refractivity contribution >= 4 is 24.0 Å². The smallest absolute Gasteiger partial charge is 0.387 e. The molecule has 0 heterocycles. The van der Waals surface area contributed by atoms with E-state index in [2.05, 4.69) is 15.4 Å². The number of hydrogen-bond donors (Lipinski definition) is 2. The lowest BCUT2D eigenvalue weighted by Gasteiger charge is -2.15. The van der Waals surface area contributed by atoms with Crippen LogP contribution in [0.2, 0.25) is 0 Å². The number of hydrogen-bond acceptors (Lipinski definition) is 3. The summed E-state index contributed by atoms with van der Waals surface area (Å²) in [5, 5.41) is 5.24. The number of alkyl halides is 2. The molecule has 114 valence electrons. The molecule has 0 aliphatic heterocycles. The third-order valence-electron chi connectivity index (χ3n) is 2.38. The summed E-state index contributed by atoms with van der Waals surface area (Å²) in [5.41, 5.74) is 0.00894. The van der Waals surface area contributed by atoms with E-state index in [-0.39, 0.29) is 29.9 Å². The average molecular weight is 313 g/mol. The Labute approximate surface area is 121 Å². The van der Waals surface area contributed by atoms with Crippen LogP contribution in [0.1, 0.15) is 6.92 Å². The van der Waals surface area contributed by atoms with Crippen molar-refractivity contribution in [2.24, 2.45) is 5.92 Å². The molecule has 1 amide bonds. The Bertz CT molecular complexity index is 447. The lowest BCUT2D eigenvalue weighted by Crippen LogP contribution is -2.28. The fourth-order valence-electron chi connectivity index (χ4n) is 1.45. The van der Waals surface area contributed by atoms with Crippen LogP contribution in [0.3, 0.4) is 0 Å². The molecule has 1 aromatic rings. The van der Waals surface area contributed by atoms with E-state index in [1.54, 1.807) is 14.0 Å². The molecule has 1 atom stereocenters. The molecule has 0 bridgehead atoms. The van der Waals surface area contributed by atoms with Gasteiger partial charge in [0.1, 0.15) is 5.82 Å². The summed E-state index contributed by atoms with van der Waals surface area (Å²) in [6.07, 6.45) is 0. The van der Waals surface area contributed by atoms with Crippen LogP contribution in [0.15, 0.2) is 18.2 Å². The summed E-state index contributed by atoms with van der Waals surface area (Å²) in [4.78, 5) is 11.7. The van der Waals surface area contributed by atoms with Crippen LogP contribution in [0.4, 0.5) is 18.9 Å². The minimum atomic E-state index is -3.09. The summed E-state index contributed by atoms with van der Waals surface area (Å²) in [6, 6.07) is 3.03. The lowest BCUT2D eigenvalue weighted by molar-refractivity contribution is -0.119. The largest absolute Gasteiger partial charge is 0.432 e. The molecule has 2 N–H and O–H groups in total. The molecule has 4 nitrogen and oxygen atoms in total. The highest BCUT2D eigenvalue weighted by molar-refractivity contribution is 5.93. The summed E-state index contributed by atoms with van der Waals surface area (Å²) < 4.78 is 41.5. The summed E-state index contributed by atoms with van der Waals surface area (Å²) in [7, 11) is 1.69. The number of nitrogens with one attached hydrogen (secondary N) is 2. The molecular weight excluding hydrogens is 297 g/mol. The maximum Gasteiger partial charge on any atom is 0.387 e. The Morgan fingerprint density at radius 3 is 2.60 bits per heavy atom. The number of anilines is 1. The van der Waals surface area contributed by atoms with Gasteiger partial charge in [0.2, 0.25) is 5.91 Å². The zero-order chi connectivity index (χ0) is 14.4. The number of ether oxygens (including phenoxy) is 1. The maximum atomic E-state index is 13.0. The molecule has 20 heavy (non-hydrogen) atoms. The van der Waals surface area contributed by atoms with E-state index in [4.69, 9.17) is 0 Å². The first-order valence-electron chi connectivity index (χ1n) is 5.64. The van der Waals surface area contributed by atoms with Crippen molar-refractivity contribution in [3.63, 3.8) is 0 Å². The fourth-order valence-corrected chi connectivity index (χ4v) is 1.45. The Morgan fingerprint density at radius 2 is 2.05 bits per heavy atom. The molecule has 0 fully saturated rings. The third-order valence-corrected chi connectivity index (χ3v) is 2.38. The summed E-state index contributed by atoms with van der Waals surface area (Å²) in [6.45, 7) is -0.992. The van der Waals surface area contributed by atoms with Gasteiger partial charge in [-0.1, -0.05) is 6.92 Å². The number of carbonyl (C=O) groups is 1. The molecule has 8 heteroatoms. The quantitative estimate of drug-likeness (QED) is 0.849. The second-order valence-corrected chi connectivity index (χ2v) is 3.97.